The second-order valence-corrected chi connectivity index (χ2v) is 5.74. The molecule has 0 aliphatic rings. The Labute approximate surface area is 123 Å². The first kappa shape index (κ1) is 14.2. The van der Waals surface area contributed by atoms with Crippen LogP contribution in [0.5, 0.6) is 0 Å². The van der Waals surface area contributed by atoms with Crippen LogP contribution in [0.3, 0.4) is 0 Å². The second kappa shape index (κ2) is 6.31. The molecule has 19 heavy (non-hydrogen) atoms. The van der Waals surface area contributed by atoms with Gasteiger partial charge in [-0.15, -0.1) is 0 Å². The molecular formula is C16H19BrN2. The van der Waals surface area contributed by atoms with Gasteiger partial charge >= 0.3 is 0 Å². The third-order valence-electron chi connectivity index (χ3n) is 3.35. The van der Waals surface area contributed by atoms with Crippen molar-refractivity contribution in [1.29, 1.82) is 0 Å². The van der Waals surface area contributed by atoms with Crippen LogP contribution in [0.1, 0.15) is 35.3 Å². The number of aryl methyl sites for hydroxylation is 2. The van der Waals surface area contributed by atoms with Crippen LogP contribution in [0.15, 0.2) is 41.0 Å². The summed E-state index contributed by atoms with van der Waals surface area (Å²) in [6.07, 6.45) is 3.73. The summed E-state index contributed by atoms with van der Waals surface area (Å²) >= 11 is 3.47. The number of halogens is 1. The predicted molar refractivity (Wildman–Crippen MR) is 83.1 cm³/mol. The van der Waals surface area contributed by atoms with Gasteiger partial charge < -0.3 is 5.73 Å². The Bertz CT molecular complexity index is 549. The lowest BCUT2D eigenvalue weighted by Crippen LogP contribution is -2.15. The summed E-state index contributed by atoms with van der Waals surface area (Å²) < 4.78 is 1.09. The zero-order valence-electron chi connectivity index (χ0n) is 11.4. The Morgan fingerprint density at radius 3 is 2.63 bits per heavy atom. The van der Waals surface area contributed by atoms with Crippen molar-refractivity contribution in [3.63, 3.8) is 0 Å². The first-order valence-corrected chi connectivity index (χ1v) is 7.35. The lowest BCUT2D eigenvalue weighted by Gasteiger charge is -2.15. The zero-order valence-corrected chi connectivity index (χ0v) is 12.9. The first-order chi connectivity index (χ1) is 9.10. The fourth-order valence-corrected chi connectivity index (χ4v) is 2.65. The molecule has 1 unspecified atom stereocenters. The van der Waals surface area contributed by atoms with Crippen LogP contribution in [-0.2, 0) is 12.8 Å². The number of aromatic nitrogens is 1. The summed E-state index contributed by atoms with van der Waals surface area (Å²) in [6.45, 7) is 4.22. The third-order valence-corrected chi connectivity index (χ3v) is 3.85. The molecule has 1 aromatic heterocycles. The molecule has 1 aromatic carbocycles. The maximum atomic E-state index is 6.29. The average Bonchev–Trinajstić information content (AvgIpc) is 2.39. The highest BCUT2D eigenvalue weighted by atomic mass is 79.9. The Morgan fingerprint density at radius 1 is 1.26 bits per heavy atom. The quantitative estimate of drug-likeness (QED) is 0.926. The molecule has 2 rings (SSSR count). The molecular weight excluding hydrogens is 300 g/mol. The minimum Gasteiger partial charge on any atom is -0.324 e. The van der Waals surface area contributed by atoms with Gasteiger partial charge in [0.15, 0.2) is 0 Å². The van der Waals surface area contributed by atoms with Crippen molar-refractivity contribution in [3.8, 4) is 0 Å². The Kier molecular flexibility index (Phi) is 4.72. The summed E-state index contributed by atoms with van der Waals surface area (Å²) in [7, 11) is 0. The Balaban J connectivity index is 2.13. The summed E-state index contributed by atoms with van der Waals surface area (Å²) in [6, 6.07) is 10.4. The smallest absolute Gasteiger partial charge is 0.0422 e. The van der Waals surface area contributed by atoms with E-state index in [1.54, 1.807) is 0 Å². The van der Waals surface area contributed by atoms with Gasteiger partial charge in [-0.2, -0.15) is 0 Å². The summed E-state index contributed by atoms with van der Waals surface area (Å²) in [5.74, 6) is 0. The van der Waals surface area contributed by atoms with E-state index in [0.29, 0.717) is 0 Å². The van der Waals surface area contributed by atoms with Crippen molar-refractivity contribution in [2.45, 2.75) is 32.7 Å². The van der Waals surface area contributed by atoms with Crippen molar-refractivity contribution in [2.24, 2.45) is 5.73 Å². The van der Waals surface area contributed by atoms with Gasteiger partial charge in [-0.25, -0.2) is 0 Å². The standard InChI is InChI=1S/C16H19BrN2/c1-3-12-4-6-14(19-10-12)9-16(18)15-7-5-13(17)8-11(15)2/h4-8,10,16H,3,9,18H2,1-2H3. The van der Waals surface area contributed by atoms with E-state index in [0.717, 1.165) is 23.0 Å². The predicted octanol–water partition coefficient (Wildman–Crippen LogP) is 3.96. The van der Waals surface area contributed by atoms with Crippen LogP contribution in [0.4, 0.5) is 0 Å². The van der Waals surface area contributed by atoms with Gasteiger partial charge in [-0.3, -0.25) is 4.98 Å². The normalized spacial score (nSPS) is 12.4. The lowest BCUT2D eigenvalue weighted by atomic mass is 9.98. The molecule has 0 aliphatic carbocycles. The van der Waals surface area contributed by atoms with Gasteiger partial charge in [0, 0.05) is 28.8 Å². The van der Waals surface area contributed by atoms with Gasteiger partial charge in [-0.1, -0.05) is 35.0 Å². The molecule has 0 radical (unpaired) electrons. The van der Waals surface area contributed by atoms with Gasteiger partial charge in [0.05, 0.1) is 0 Å². The topological polar surface area (TPSA) is 38.9 Å². The van der Waals surface area contributed by atoms with Crippen LogP contribution >= 0.6 is 15.9 Å². The Morgan fingerprint density at radius 2 is 2.05 bits per heavy atom. The fourth-order valence-electron chi connectivity index (χ4n) is 2.18. The molecule has 0 spiro atoms. The first-order valence-electron chi connectivity index (χ1n) is 6.55. The van der Waals surface area contributed by atoms with E-state index in [9.17, 15) is 0 Å². The van der Waals surface area contributed by atoms with Crippen molar-refractivity contribution in [1.82, 2.24) is 4.98 Å². The summed E-state index contributed by atoms with van der Waals surface area (Å²) in [4.78, 5) is 4.47. The number of nitrogens with two attached hydrogens (primary N) is 1. The molecule has 2 aromatic rings. The molecule has 0 saturated carbocycles. The third kappa shape index (κ3) is 3.64. The van der Waals surface area contributed by atoms with Crippen molar-refractivity contribution in [2.75, 3.05) is 0 Å². The number of hydrogen-bond donors (Lipinski definition) is 1. The fraction of sp³-hybridized carbons (Fsp3) is 0.312. The maximum absolute atomic E-state index is 6.29. The van der Waals surface area contributed by atoms with E-state index in [1.165, 1.54) is 16.7 Å². The molecule has 1 atom stereocenters. The van der Waals surface area contributed by atoms with Gasteiger partial charge in [0.1, 0.15) is 0 Å². The molecule has 2 nitrogen and oxygen atoms in total. The molecule has 0 saturated heterocycles. The summed E-state index contributed by atoms with van der Waals surface area (Å²) in [5.41, 5.74) is 11.0. The van der Waals surface area contributed by atoms with Crippen LogP contribution in [0.2, 0.25) is 0 Å². The molecule has 2 N–H and O–H groups in total. The van der Waals surface area contributed by atoms with Crippen LogP contribution in [0, 0.1) is 6.92 Å². The zero-order chi connectivity index (χ0) is 13.8. The molecule has 0 bridgehead atoms. The molecule has 0 amide bonds. The minimum atomic E-state index is -0.00641. The van der Waals surface area contributed by atoms with Crippen molar-refractivity contribution >= 4 is 15.9 Å². The van der Waals surface area contributed by atoms with E-state index in [2.05, 4.69) is 59.0 Å². The van der Waals surface area contributed by atoms with E-state index in [1.807, 2.05) is 12.3 Å². The number of nitrogens with zero attached hydrogens (tertiary/aromatic N) is 1. The second-order valence-electron chi connectivity index (χ2n) is 4.82. The van der Waals surface area contributed by atoms with E-state index >= 15 is 0 Å². The molecule has 3 heteroatoms. The number of rotatable bonds is 4. The monoisotopic (exact) mass is 318 g/mol. The maximum Gasteiger partial charge on any atom is 0.0422 e. The number of pyridine rings is 1. The number of benzene rings is 1. The average molecular weight is 319 g/mol. The van der Waals surface area contributed by atoms with Crippen LogP contribution in [-0.4, -0.2) is 4.98 Å². The highest BCUT2D eigenvalue weighted by molar-refractivity contribution is 9.10. The van der Waals surface area contributed by atoms with Gasteiger partial charge in [-0.05, 0) is 48.2 Å². The van der Waals surface area contributed by atoms with Crippen LogP contribution < -0.4 is 5.73 Å². The number of hydrogen-bond acceptors (Lipinski definition) is 2. The summed E-state index contributed by atoms with van der Waals surface area (Å²) in [5, 5.41) is 0. The van der Waals surface area contributed by atoms with Gasteiger partial charge in [0.2, 0.25) is 0 Å². The van der Waals surface area contributed by atoms with Crippen molar-refractivity contribution in [3.05, 3.63) is 63.4 Å². The highest BCUT2D eigenvalue weighted by Crippen LogP contribution is 2.22. The van der Waals surface area contributed by atoms with Crippen molar-refractivity contribution < 1.29 is 0 Å². The molecule has 100 valence electrons. The molecule has 1 heterocycles. The SMILES string of the molecule is CCc1ccc(CC(N)c2ccc(Br)cc2C)nc1. The van der Waals surface area contributed by atoms with E-state index in [-0.39, 0.29) is 6.04 Å². The lowest BCUT2D eigenvalue weighted by molar-refractivity contribution is 0.701. The van der Waals surface area contributed by atoms with E-state index in [4.69, 9.17) is 5.73 Å². The minimum absolute atomic E-state index is 0.00641. The highest BCUT2D eigenvalue weighted by Gasteiger charge is 2.10. The largest absolute Gasteiger partial charge is 0.324 e. The van der Waals surface area contributed by atoms with Crippen LogP contribution in [0.25, 0.3) is 0 Å². The van der Waals surface area contributed by atoms with E-state index < -0.39 is 0 Å². The van der Waals surface area contributed by atoms with Gasteiger partial charge in [0.25, 0.3) is 0 Å². The molecule has 0 fully saturated rings. The molecule has 0 aliphatic heterocycles. The Hall–Kier alpha value is -1.19.